The second-order valence-electron chi connectivity index (χ2n) is 12.9. The minimum absolute atomic E-state index is 0. The van der Waals surface area contributed by atoms with Gasteiger partial charge in [0.25, 0.3) is 0 Å². The van der Waals surface area contributed by atoms with Gasteiger partial charge in [-0.25, -0.2) is 9.97 Å². The van der Waals surface area contributed by atoms with Gasteiger partial charge in [-0.15, -0.1) is 22.1 Å². The van der Waals surface area contributed by atoms with Crippen molar-refractivity contribution in [3.05, 3.63) is 168 Å². The van der Waals surface area contributed by atoms with Gasteiger partial charge in [0.15, 0.2) is 5.78 Å². The number of carbonyl (C=O) groups is 1. The summed E-state index contributed by atoms with van der Waals surface area (Å²) < 4.78 is 0. The van der Waals surface area contributed by atoms with E-state index in [2.05, 4.69) is 66.7 Å². The summed E-state index contributed by atoms with van der Waals surface area (Å²) in [4.78, 5) is 35.7. The van der Waals surface area contributed by atoms with Gasteiger partial charge in [-0.2, -0.15) is 0 Å². The number of ketones is 1. The van der Waals surface area contributed by atoms with Crippen LogP contribution in [0.25, 0.3) is 89.9 Å². The molecule has 0 saturated heterocycles. The van der Waals surface area contributed by atoms with E-state index in [1.165, 1.54) is 0 Å². The van der Waals surface area contributed by atoms with Crippen molar-refractivity contribution in [1.29, 1.82) is 0 Å². The van der Waals surface area contributed by atoms with Crippen molar-refractivity contribution in [2.45, 2.75) is 6.92 Å². The summed E-state index contributed by atoms with van der Waals surface area (Å²) in [5.41, 5.74) is 15.7. The van der Waals surface area contributed by atoms with Crippen LogP contribution in [0.4, 0.5) is 0 Å². The van der Waals surface area contributed by atoms with E-state index in [4.69, 9.17) is 19.9 Å². The summed E-state index contributed by atoms with van der Waals surface area (Å²) in [6.45, 7) is 2.01. The van der Waals surface area contributed by atoms with E-state index in [9.17, 15) is 4.79 Å². The number of Topliss-reactive ketones (excluding diaryl/α,β-unsaturated/α-hetero) is 1. The van der Waals surface area contributed by atoms with E-state index in [1.807, 2.05) is 91.9 Å². The minimum atomic E-state index is -0.0294. The Morgan fingerprint density at radius 2 is 0.865 bits per heavy atom. The van der Waals surface area contributed by atoms with E-state index in [1.54, 1.807) is 0 Å². The zero-order valence-electron chi connectivity index (χ0n) is 27.9. The summed E-state index contributed by atoms with van der Waals surface area (Å²) >= 11 is 0. The van der Waals surface area contributed by atoms with Crippen molar-refractivity contribution >= 4 is 51.1 Å². The molecular weight excluding hydrogens is 683 g/mol. The van der Waals surface area contributed by atoms with E-state index < -0.39 is 0 Å². The SMILES string of the molecule is CC1=C2C(=O)c3ccccc3-c3c2nc1c(-c1ccccc1)c1ccc([n-]1)c(-c1ccccc1)c1nc(c(-c2ccccc2)c2ccc3[n-]2)C=C1.[Ni+2]. The van der Waals surface area contributed by atoms with E-state index in [0.717, 1.165) is 89.2 Å². The normalized spacial score (nSPS) is 12.8. The average Bonchev–Trinajstić information content (AvgIpc) is 4.00. The first-order chi connectivity index (χ1) is 25.1. The fourth-order valence-electron chi connectivity index (χ4n) is 7.67. The average molecular weight is 711 g/mol. The van der Waals surface area contributed by atoms with Crippen LogP contribution in [-0.4, -0.2) is 15.8 Å². The Morgan fingerprint density at radius 3 is 1.38 bits per heavy atom. The summed E-state index contributed by atoms with van der Waals surface area (Å²) in [6.07, 6.45) is 4.16. The molecule has 0 N–H and O–H groups in total. The first-order valence-corrected chi connectivity index (χ1v) is 17.0. The van der Waals surface area contributed by atoms with Gasteiger partial charge in [-0.05, 0) is 69.2 Å². The smallest absolute Gasteiger partial charge is 0.657 e. The van der Waals surface area contributed by atoms with E-state index >= 15 is 0 Å². The Hall–Kier alpha value is -6.36. The molecule has 52 heavy (non-hydrogen) atoms. The fourth-order valence-corrected chi connectivity index (χ4v) is 7.67. The van der Waals surface area contributed by atoms with Gasteiger partial charge < -0.3 is 9.97 Å². The maximum absolute atomic E-state index is 14.4. The Bertz CT molecular complexity index is 2810. The van der Waals surface area contributed by atoms with E-state index in [0.29, 0.717) is 16.8 Å². The third-order valence-corrected chi connectivity index (χ3v) is 9.98. The molecule has 1 aliphatic carbocycles. The second kappa shape index (κ2) is 12.5. The van der Waals surface area contributed by atoms with Crippen molar-refractivity contribution < 1.29 is 21.3 Å². The molecule has 4 aromatic carbocycles. The minimum Gasteiger partial charge on any atom is -0.657 e. The molecule has 0 fully saturated rings. The fraction of sp³-hybridized carbons (Fsp3) is 0.0217. The van der Waals surface area contributed by atoms with Gasteiger partial charge in [0.05, 0.1) is 28.3 Å². The molecule has 10 rings (SSSR count). The van der Waals surface area contributed by atoms with Crippen LogP contribution < -0.4 is 9.97 Å². The number of aromatic nitrogens is 4. The molecule has 0 radical (unpaired) electrons. The van der Waals surface area contributed by atoms with Crippen molar-refractivity contribution in [1.82, 2.24) is 19.9 Å². The van der Waals surface area contributed by atoms with Crippen LogP contribution >= 0.6 is 0 Å². The molecule has 5 nitrogen and oxygen atoms in total. The first-order valence-electron chi connectivity index (χ1n) is 17.0. The Morgan fingerprint density at radius 1 is 0.442 bits per heavy atom. The van der Waals surface area contributed by atoms with E-state index in [-0.39, 0.29) is 22.3 Å². The maximum atomic E-state index is 14.4. The van der Waals surface area contributed by atoms with Gasteiger partial charge in [0.2, 0.25) is 0 Å². The Labute approximate surface area is 310 Å². The Kier molecular flexibility index (Phi) is 7.57. The van der Waals surface area contributed by atoms with Crippen LogP contribution in [0.2, 0.25) is 0 Å². The first kappa shape index (κ1) is 31.6. The van der Waals surface area contributed by atoms with Crippen molar-refractivity contribution in [3.63, 3.8) is 0 Å². The van der Waals surface area contributed by atoms with Gasteiger partial charge in [0.1, 0.15) is 0 Å². The van der Waals surface area contributed by atoms with Crippen molar-refractivity contribution in [2.24, 2.45) is 0 Å². The predicted molar refractivity (Wildman–Crippen MR) is 206 cm³/mol. The van der Waals surface area contributed by atoms with Crippen LogP contribution in [0, 0.1) is 0 Å². The molecule has 3 aliphatic rings. The van der Waals surface area contributed by atoms with Crippen LogP contribution in [0.15, 0.2) is 140 Å². The zero-order chi connectivity index (χ0) is 34.1. The summed E-state index contributed by atoms with van der Waals surface area (Å²) in [5, 5.41) is 0. The largest absolute Gasteiger partial charge is 2.00 e. The number of fused-ring (bicyclic) bond motifs is 10. The molecule has 0 spiro atoms. The monoisotopic (exact) mass is 710 g/mol. The third-order valence-electron chi connectivity index (χ3n) is 9.98. The number of allylic oxidation sites excluding steroid dienone is 2. The molecule has 0 amide bonds. The number of benzene rings is 4. The Balaban J connectivity index is 0.00000360. The van der Waals surface area contributed by atoms with Gasteiger partial charge >= 0.3 is 16.5 Å². The van der Waals surface area contributed by atoms with Crippen LogP contribution in [0.5, 0.6) is 0 Å². The number of carbonyl (C=O) groups excluding carboxylic acids is 1. The number of nitrogens with zero attached hydrogens (tertiary/aromatic N) is 4. The van der Waals surface area contributed by atoms with Crippen molar-refractivity contribution in [2.75, 3.05) is 0 Å². The molecule has 0 atom stereocenters. The predicted octanol–water partition coefficient (Wildman–Crippen LogP) is 10.5. The summed E-state index contributed by atoms with van der Waals surface area (Å²) in [7, 11) is 0. The molecule has 8 bridgehead atoms. The van der Waals surface area contributed by atoms with Crippen molar-refractivity contribution in [3.8, 4) is 44.5 Å². The molecule has 0 saturated carbocycles. The summed E-state index contributed by atoms with van der Waals surface area (Å²) in [6, 6.07) is 46.8. The zero-order valence-corrected chi connectivity index (χ0v) is 28.9. The quantitative estimate of drug-likeness (QED) is 0.171. The molecule has 0 unspecified atom stereocenters. The van der Waals surface area contributed by atoms with Gasteiger partial charge in [0, 0.05) is 5.56 Å². The van der Waals surface area contributed by atoms with Crippen LogP contribution in [-0.2, 0) is 16.5 Å². The summed E-state index contributed by atoms with van der Waals surface area (Å²) in [5.74, 6) is -0.0294. The van der Waals surface area contributed by atoms with Gasteiger partial charge in [-0.3, -0.25) is 4.79 Å². The molecular formula is C46H28N4NiO. The standard InChI is InChI=1S/C46H29N4O.Ni/c1-27-39-45-43(31-19-11-12-20-32(31)46(39)51)38-26-24-36(49-38)41(29-15-7-3-8-16-29)34-22-21-33(47-34)40(28-13-5-2-6-14-28)35-23-25-37(48-35)42(44(27)50-45)30-17-9-4-10-18-30;/h2-26H,1H3,(H-,47,48,49,50,51);/q-1;+2/p-1. The number of rotatable bonds is 3. The molecule has 7 aromatic rings. The molecule has 2 aliphatic heterocycles. The molecule has 5 heterocycles. The third kappa shape index (κ3) is 4.87. The number of hydrogen-bond donors (Lipinski definition) is 0. The molecule has 6 heteroatoms. The van der Waals surface area contributed by atoms with Crippen LogP contribution in [0.3, 0.4) is 0 Å². The van der Waals surface area contributed by atoms with Gasteiger partial charge in [-0.1, -0.05) is 140 Å². The van der Waals surface area contributed by atoms with Crippen LogP contribution in [0.1, 0.15) is 40.1 Å². The maximum Gasteiger partial charge on any atom is 2.00 e. The molecule has 248 valence electrons. The number of hydrogen-bond acceptors (Lipinski definition) is 3. The molecule has 3 aromatic heterocycles. The second-order valence-corrected chi connectivity index (χ2v) is 12.9. The topological polar surface area (TPSA) is 71.1 Å².